The molecule has 0 aromatic heterocycles. The molecule has 0 aromatic carbocycles. The van der Waals surface area contributed by atoms with Gasteiger partial charge in [-0.1, -0.05) is 0 Å². The summed E-state index contributed by atoms with van der Waals surface area (Å²) < 4.78 is 24.7. The zero-order valence-corrected chi connectivity index (χ0v) is 12.5. The molecule has 2 N–H and O–H groups in total. The Balaban J connectivity index is 1.68. The number of rotatable bonds is 5. The topological polar surface area (TPSA) is 69.6 Å². The molecule has 19 heavy (non-hydrogen) atoms. The van der Waals surface area contributed by atoms with E-state index in [1.807, 2.05) is 0 Å². The zero-order chi connectivity index (χ0) is 13.9. The third-order valence-electron chi connectivity index (χ3n) is 4.33. The van der Waals surface area contributed by atoms with Crippen LogP contribution in [0.2, 0.25) is 0 Å². The highest BCUT2D eigenvalue weighted by Gasteiger charge is 2.26. The lowest BCUT2D eigenvalue weighted by molar-refractivity contribution is 0.177. The van der Waals surface area contributed by atoms with E-state index in [0.717, 1.165) is 45.2 Å². The summed E-state index contributed by atoms with van der Waals surface area (Å²) in [4.78, 5) is 0. The molecule has 2 aliphatic rings. The van der Waals surface area contributed by atoms with Gasteiger partial charge < -0.3 is 10.4 Å². The molecule has 1 aliphatic heterocycles. The van der Waals surface area contributed by atoms with Crippen LogP contribution in [0.25, 0.3) is 0 Å². The van der Waals surface area contributed by atoms with Crippen LogP contribution in [-0.4, -0.2) is 56.4 Å². The fraction of sp³-hybridized carbons (Fsp3) is 1.00. The first kappa shape index (κ1) is 15.2. The van der Waals surface area contributed by atoms with E-state index >= 15 is 0 Å². The molecule has 112 valence electrons. The quantitative estimate of drug-likeness (QED) is 0.769. The van der Waals surface area contributed by atoms with Crippen LogP contribution in [0.3, 0.4) is 0 Å². The molecule has 1 aliphatic carbocycles. The second-order valence-corrected chi connectivity index (χ2v) is 8.10. The van der Waals surface area contributed by atoms with Gasteiger partial charge >= 0.3 is 0 Å². The van der Waals surface area contributed by atoms with Crippen LogP contribution in [0, 0.1) is 11.8 Å². The van der Waals surface area contributed by atoms with Crippen LogP contribution >= 0.6 is 0 Å². The lowest BCUT2D eigenvalue weighted by Crippen LogP contribution is -2.42. The van der Waals surface area contributed by atoms with Gasteiger partial charge in [-0.25, -0.2) is 12.7 Å². The molecule has 0 radical (unpaired) electrons. The Hall–Kier alpha value is -0.170. The lowest BCUT2D eigenvalue weighted by atomic mass is 9.99. The minimum atomic E-state index is -3.03. The minimum Gasteiger partial charge on any atom is -0.393 e. The van der Waals surface area contributed by atoms with Gasteiger partial charge in [0.05, 0.1) is 12.4 Å². The van der Waals surface area contributed by atoms with E-state index in [1.165, 1.54) is 6.26 Å². The molecular formula is C13H26N2O3S. The van der Waals surface area contributed by atoms with Gasteiger partial charge in [-0.3, -0.25) is 0 Å². The summed E-state index contributed by atoms with van der Waals surface area (Å²) in [6.45, 7) is 3.16. The Morgan fingerprint density at radius 3 is 2.58 bits per heavy atom. The maximum atomic E-state index is 11.5. The van der Waals surface area contributed by atoms with E-state index in [2.05, 4.69) is 5.32 Å². The van der Waals surface area contributed by atoms with Crippen LogP contribution in [0.4, 0.5) is 0 Å². The van der Waals surface area contributed by atoms with Crippen molar-refractivity contribution in [3.8, 4) is 0 Å². The van der Waals surface area contributed by atoms with Gasteiger partial charge in [0.15, 0.2) is 0 Å². The number of nitrogens with one attached hydrogen (secondary N) is 1. The van der Waals surface area contributed by atoms with Gasteiger partial charge in [0, 0.05) is 13.1 Å². The second-order valence-electron chi connectivity index (χ2n) is 6.12. The molecule has 0 spiro atoms. The fourth-order valence-corrected chi connectivity index (χ4v) is 4.16. The molecule has 1 saturated heterocycles. The zero-order valence-electron chi connectivity index (χ0n) is 11.7. The Bertz CT molecular complexity index is 385. The highest BCUT2D eigenvalue weighted by Crippen LogP contribution is 2.25. The van der Waals surface area contributed by atoms with E-state index in [4.69, 9.17) is 0 Å². The second kappa shape index (κ2) is 6.52. The molecule has 2 fully saturated rings. The average Bonchev–Trinajstić information content (AvgIpc) is 2.74. The Labute approximate surface area is 116 Å². The predicted octanol–water partition coefficient (Wildman–Crippen LogP) is 0.409. The Morgan fingerprint density at radius 1 is 1.21 bits per heavy atom. The summed E-state index contributed by atoms with van der Waals surface area (Å²) in [6.07, 6.45) is 6.19. The molecule has 0 bridgehead atoms. The molecule has 0 amide bonds. The van der Waals surface area contributed by atoms with Gasteiger partial charge in [0.2, 0.25) is 10.0 Å². The summed E-state index contributed by atoms with van der Waals surface area (Å²) in [5, 5.41) is 12.9. The van der Waals surface area contributed by atoms with Gasteiger partial charge in [-0.05, 0) is 57.0 Å². The summed E-state index contributed by atoms with van der Waals surface area (Å²) in [6, 6.07) is 0. The van der Waals surface area contributed by atoms with Crippen molar-refractivity contribution in [2.45, 2.75) is 38.2 Å². The van der Waals surface area contributed by atoms with Crippen molar-refractivity contribution in [1.82, 2.24) is 9.62 Å². The maximum Gasteiger partial charge on any atom is 0.211 e. The molecule has 3 atom stereocenters. The van der Waals surface area contributed by atoms with E-state index in [9.17, 15) is 13.5 Å². The van der Waals surface area contributed by atoms with Crippen molar-refractivity contribution in [3.63, 3.8) is 0 Å². The maximum absolute atomic E-state index is 11.5. The van der Waals surface area contributed by atoms with Crippen molar-refractivity contribution in [2.75, 3.05) is 32.4 Å². The van der Waals surface area contributed by atoms with Crippen LogP contribution < -0.4 is 5.32 Å². The SMILES string of the molecule is CS(=O)(=O)N1CCCC(CNCC2CCC(O)C2)C1. The highest BCUT2D eigenvalue weighted by molar-refractivity contribution is 7.88. The van der Waals surface area contributed by atoms with E-state index < -0.39 is 10.0 Å². The van der Waals surface area contributed by atoms with Crippen molar-refractivity contribution in [2.24, 2.45) is 11.8 Å². The van der Waals surface area contributed by atoms with E-state index in [-0.39, 0.29) is 6.10 Å². The first-order valence-electron chi connectivity index (χ1n) is 7.29. The van der Waals surface area contributed by atoms with Crippen molar-refractivity contribution in [3.05, 3.63) is 0 Å². The first-order valence-corrected chi connectivity index (χ1v) is 9.14. The molecule has 1 heterocycles. The standard InChI is InChI=1S/C13H26N2O3S/c1-19(17,18)15-6-2-3-12(10-15)9-14-8-11-4-5-13(16)7-11/h11-14,16H,2-10H2,1H3. The highest BCUT2D eigenvalue weighted by atomic mass is 32.2. The number of piperidine rings is 1. The van der Waals surface area contributed by atoms with Gasteiger partial charge in [-0.15, -0.1) is 0 Å². The van der Waals surface area contributed by atoms with Gasteiger partial charge in [-0.2, -0.15) is 0 Å². The molecule has 0 aromatic rings. The number of hydrogen-bond acceptors (Lipinski definition) is 4. The molecule has 5 nitrogen and oxygen atoms in total. The molecule has 6 heteroatoms. The first-order chi connectivity index (χ1) is 8.95. The normalized spacial score (nSPS) is 33.7. The summed E-state index contributed by atoms with van der Waals surface area (Å²) >= 11 is 0. The molecule has 2 rings (SSSR count). The largest absolute Gasteiger partial charge is 0.393 e. The fourth-order valence-electron chi connectivity index (χ4n) is 3.22. The van der Waals surface area contributed by atoms with E-state index in [0.29, 0.717) is 24.9 Å². The van der Waals surface area contributed by atoms with Crippen LogP contribution in [0.15, 0.2) is 0 Å². The monoisotopic (exact) mass is 290 g/mol. The van der Waals surface area contributed by atoms with E-state index in [1.54, 1.807) is 4.31 Å². The number of nitrogens with zero attached hydrogens (tertiary/aromatic N) is 1. The van der Waals surface area contributed by atoms with Crippen molar-refractivity contribution in [1.29, 1.82) is 0 Å². The molecule has 1 saturated carbocycles. The third kappa shape index (κ3) is 4.70. The number of sulfonamides is 1. The van der Waals surface area contributed by atoms with Crippen LogP contribution in [0.1, 0.15) is 32.1 Å². The Morgan fingerprint density at radius 2 is 1.95 bits per heavy atom. The summed E-state index contributed by atoms with van der Waals surface area (Å²) in [5.41, 5.74) is 0. The smallest absolute Gasteiger partial charge is 0.211 e. The Kier molecular flexibility index (Phi) is 5.22. The van der Waals surface area contributed by atoms with Crippen molar-refractivity contribution >= 4 is 10.0 Å². The molecule has 3 unspecified atom stereocenters. The number of aliphatic hydroxyl groups excluding tert-OH is 1. The van der Waals surface area contributed by atoms with Crippen LogP contribution in [0.5, 0.6) is 0 Å². The average molecular weight is 290 g/mol. The minimum absolute atomic E-state index is 0.109. The van der Waals surface area contributed by atoms with Crippen molar-refractivity contribution < 1.29 is 13.5 Å². The lowest BCUT2D eigenvalue weighted by Gasteiger charge is -2.31. The third-order valence-corrected chi connectivity index (χ3v) is 5.60. The number of hydrogen-bond donors (Lipinski definition) is 2. The summed E-state index contributed by atoms with van der Waals surface area (Å²) in [7, 11) is -3.03. The van der Waals surface area contributed by atoms with Gasteiger partial charge in [0.1, 0.15) is 0 Å². The summed E-state index contributed by atoms with van der Waals surface area (Å²) in [5.74, 6) is 1.01. The van der Waals surface area contributed by atoms with Crippen LogP contribution in [-0.2, 0) is 10.0 Å². The van der Waals surface area contributed by atoms with Gasteiger partial charge in [0.25, 0.3) is 0 Å². The molecular weight excluding hydrogens is 264 g/mol. The number of aliphatic hydroxyl groups is 1. The predicted molar refractivity (Wildman–Crippen MR) is 75.4 cm³/mol.